The monoisotopic (exact) mass is 285 g/mol. The summed E-state index contributed by atoms with van der Waals surface area (Å²) in [6.45, 7) is 11.6. The zero-order valence-corrected chi connectivity index (χ0v) is 13.1. The summed E-state index contributed by atoms with van der Waals surface area (Å²) >= 11 is 1.23. The van der Waals surface area contributed by atoms with Gasteiger partial charge in [-0.25, -0.2) is 0 Å². The number of aromatic nitrogens is 3. The Morgan fingerprint density at radius 2 is 2.00 bits per heavy atom. The zero-order valence-electron chi connectivity index (χ0n) is 12.3. The van der Waals surface area contributed by atoms with Gasteiger partial charge in [0.25, 0.3) is 0 Å². The molecule has 0 aliphatic rings. The Hall–Kier alpha value is -1.04. The van der Waals surface area contributed by atoms with E-state index in [1.807, 2.05) is 0 Å². The Bertz CT molecular complexity index is 436. The molecule has 108 valence electrons. The maximum Gasteiger partial charge on any atom is 0.313 e. The minimum absolute atomic E-state index is 0.0196. The Kier molecular flexibility index (Phi) is 5.40. The largest absolute Gasteiger partial charge is 0.481 e. The highest BCUT2D eigenvalue weighted by Crippen LogP contribution is 2.24. The molecule has 0 spiro atoms. The molecule has 1 rings (SSSR count). The molecule has 6 heteroatoms. The van der Waals surface area contributed by atoms with E-state index in [0.717, 1.165) is 18.8 Å². The highest BCUT2D eigenvalue weighted by atomic mass is 32.2. The lowest BCUT2D eigenvalue weighted by atomic mass is 9.92. The lowest BCUT2D eigenvalue weighted by Gasteiger charge is -2.19. The third-order valence-electron chi connectivity index (χ3n) is 2.35. The fourth-order valence-electron chi connectivity index (χ4n) is 1.71. The highest BCUT2D eigenvalue weighted by molar-refractivity contribution is 7.99. The molecular formula is C13H23N3O2S. The molecule has 0 atom stereocenters. The van der Waals surface area contributed by atoms with Crippen LogP contribution < -0.4 is 0 Å². The second-order valence-corrected chi connectivity index (χ2v) is 7.27. The SMILES string of the molecule is CC(C)Cn1c(CC(C)(C)C)nnc1SCC(=O)O. The summed E-state index contributed by atoms with van der Waals surface area (Å²) < 4.78 is 2.06. The molecule has 0 saturated carbocycles. The number of hydrogen-bond donors (Lipinski definition) is 1. The summed E-state index contributed by atoms with van der Waals surface area (Å²) in [4.78, 5) is 10.7. The predicted octanol–water partition coefficient (Wildman–Crippen LogP) is 2.70. The fourth-order valence-corrected chi connectivity index (χ4v) is 2.39. The third kappa shape index (κ3) is 5.63. The summed E-state index contributed by atoms with van der Waals surface area (Å²) in [5, 5.41) is 17.8. The first kappa shape index (κ1) is 16.0. The molecule has 0 aromatic carbocycles. The minimum Gasteiger partial charge on any atom is -0.481 e. The van der Waals surface area contributed by atoms with E-state index < -0.39 is 5.97 Å². The van der Waals surface area contributed by atoms with Gasteiger partial charge in [0.2, 0.25) is 0 Å². The molecule has 0 radical (unpaired) electrons. The van der Waals surface area contributed by atoms with Crippen LogP contribution in [0.4, 0.5) is 0 Å². The van der Waals surface area contributed by atoms with Gasteiger partial charge in [0.05, 0.1) is 5.75 Å². The topological polar surface area (TPSA) is 68.0 Å². The summed E-state index contributed by atoms with van der Waals surface area (Å²) in [7, 11) is 0. The first-order chi connectivity index (χ1) is 8.69. The van der Waals surface area contributed by atoms with Gasteiger partial charge in [-0.05, 0) is 11.3 Å². The number of hydrogen-bond acceptors (Lipinski definition) is 4. The van der Waals surface area contributed by atoms with Crippen molar-refractivity contribution in [2.45, 2.75) is 52.7 Å². The van der Waals surface area contributed by atoms with Gasteiger partial charge in [0, 0.05) is 13.0 Å². The molecule has 0 fully saturated rings. The van der Waals surface area contributed by atoms with Gasteiger partial charge >= 0.3 is 5.97 Å². The second-order valence-electron chi connectivity index (χ2n) is 6.32. The average Bonchev–Trinajstić information content (AvgIpc) is 2.55. The van der Waals surface area contributed by atoms with E-state index in [0.29, 0.717) is 11.1 Å². The van der Waals surface area contributed by atoms with Crippen molar-refractivity contribution in [1.82, 2.24) is 14.8 Å². The second kappa shape index (κ2) is 6.41. The molecule has 0 amide bonds. The predicted molar refractivity (Wildman–Crippen MR) is 76.4 cm³/mol. The van der Waals surface area contributed by atoms with E-state index >= 15 is 0 Å². The Balaban J connectivity index is 2.94. The number of aliphatic carboxylic acids is 1. The van der Waals surface area contributed by atoms with Gasteiger partial charge in [-0.15, -0.1) is 10.2 Å². The first-order valence-electron chi connectivity index (χ1n) is 6.45. The van der Waals surface area contributed by atoms with Crippen LogP contribution in [0.25, 0.3) is 0 Å². The molecule has 1 aromatic rings. The summed E-state index contributed by atoms with van der Waals surface area (Å²) in [5.41, 5.74) is 0.135. The standard InChI is InChI=1S/C13H23N3O2S/c1-9(2)7-16-10(6-13(3,4)5)14-15-12(16)19-8-11(17)18/h9H,6-8H2,1-5H3,(H,17,18). The Morgan fingerprint density at radius 3 is 2.47 bits per heavy atom. The smallest absolute Gasteiger partial charge is 0.313 e. The van der Waals surface area contributed by atoms with E-state index in [2.05, 4.69) is 49.4 Å². The van der Waals surface area contributed by atoms with Crippen molar-refractivity contribution in [2.24, 2.45) is 11.3 Å². The van der Waals surface area contributed by atoms with E-state index in [1.54, 1.807) is 0 Å². The maximum atomic E-state index is 10.7. The van der Waals surface area contributed by atoms with Crippen LogP contribution >= 0.6 is 11.8 Å². The third-order valence-corrected chi connectivity index (χ3v) is 3.31. The molecule has 1 heterocycles. The van der Waals surface area contributed by atoms with Gasteiger partial charge in [-0.3, -0.25) is 4.79 Å². The summed E-state index contributed by atoms with van der Waals surface area (Å²) in [5.74, 6) is 0.598. The maximum absolute atomic E-state index is 10.7. The van der Waals surface area contributed by atoms with Crippen LogP contribution in [-0.2, 0) is 17.8 Å². The fraction of sp³-hybridized carbons (Fsp3) is 0.769. The number of rotatable bonds is 6. The van der Waals surface area contributed by atoms with Gasteiger partial charge in [-0.2, -0.15) is 0 Å². The Morgan fingerprint density at radius 1 is 1.37 bits per heavy atom. The molecule has 0 bridgehead atoms. The van der Waals surface area contributed by atoms with Crippen LogP contribution in [-0.4, -0.2) is 31.6 Å². The van der Waals surface area contributed by atoms with Crippen LogP contribution in [0.2, 0.25) is 0 Å². The number of thioether (sulfide) groups is 1. The van der Waals surface area contributed by atoms with Crippen molar-refractivity contribution in [3.63, 3.8) is 0 Å². The zero-order chi connectivity index (χ0) is 14.6. The molecule has 1 N–H and O–H groups in total. The van der Waals surface area contributed by atoms with Gasteiger partial charge in [0.1, 0.15) is 5.82 Å². The van der Waals surface area contributed by atoms with E-state index in [1.165, 1.54) is 11.8 Å². The van der Waals surface area contributed by atoms with E-state index in [9.17, 15) is 4.79 Å². The lowest BCUT2D eigenvalue weighted by Crippen LogP contribution is -2.17. The molecule has 5 nitrogen and oxygen atoms in total. The van der Waals surface area contributed by atoms with Crippen LogP contribution in [0.3, 0.4) is 0 Å². The van der Waals surface area contributed by atoms with Crippen molar-refractivity contribution in [2.75, 3.05) is 5.75 Å². The van der Waals surface area contributed by atoms with Crippen molar-refractivity contribution in [3.05, 3.63) is 5.82 Å². The number of nitrogens with zero attached hydrogens (tertiary/aromatic N) is 3. The molecular weight excluding hydrogens is 262 g/mol. The van der Waals surface area contributed by atoms with Gasteiger partial charge < -0.3 is 9.67 Å². The molecule has 1 aromatic heterocycles. The minimum atomic E-state index is -0.832. The summed E-state index contributed by atoms with van der Waals surface area (Å²) in [6.07, 6.45) is 0.834. The van der Waals surface area contributed by atoms with Crippen molar-refractivity contribution in [1.29, 1.82) is 0 Å². The molecule has 0 aliphatic carbocycles. The van der Waals surface area contributed by atoms with Gasteiger partial charge in [-0.1, -0.05) is 46.4 Å². The number of carboxylic acids is 1. The van der Waals surface area contributed by atoms with Crippen LogP contribution in [0.15, 0.2) is 5.16 Å². The highest BCUT2D eigenvalue weighted by Gasteiger charge is 2.20. The van der Waals surface area contributed by atoms with Crippen LogP contribution in [0.1, 0.15) is 40.4 Å². The van der Waals surface area contributed by atoms with Crippen molar-refractivity contribution < 1.29 is 9.90 Å². The van der Waals surface area contributed by atoms with Gasteiger partial charge in [0.15, 0.2) is 5.16 Å². The normalized spacial score (nSPS) is 12.1. The molecule has 0 saturated heterocycles. The van der Waals surface area contributed by atoms with E-state index in [4.69, 9.17) is 5.11 Å². The van der Waals surface area contributed by atoms with Crippen LogP contribution in [0, 0.1) is 11.3 Å². The van der Waals surface area contributed by atoms with Crippen molar-refractivity contribution in [3.8, 4) is 0 Å². The first-order valence-corrected chi connectivity index (χ1v) is 7.44. The quantitative estimate of drug-likeness (QED) is 0.814. The molecule has 19 heavy (non-hydrogen) atoms. The molecule has 0 aliphatic heterocycles. The Labute approximate surface area is 118 Å². The lowest BCUT2D eigenvalue weighted by molar-refractivity contribution is -0.133. The van der Waals surface area contributed by atoms with Crippen molar-refractivity contribution >= 4 is 17.7 Å². The average molecular weight is 285 g/mol. The van der Waals surface area contributed by atoms with Crippen LogP contribution in [0.5, 0.6) is 0 Å². The van der Waals surface area contributed by atoms with E-state index in [-0.39, 0.29) is 11.2 Å². The number of carbonyl (C=O) groups is 1. The molecule has 0 unspecified atom stereocenters. The summed E-state index contributed by atoms with van der Waals surface area (Å²) in [6, 6.07) is 0. The number of carboxylic acid groups (broad SMARTS) is 1.